The smallest absolute Gasteiger partial charge is 0.191 e. The summed E-state index contributed by atoms with van der Waals surface area (Å²) >= 11 is 0. The van der Waals surface area contributed by atoms with Crippen LogP contribution in [0.4, 0.5) is 0 Å². The Bertz CT molecular complexity index is 761. The SMILES string of the molecule is CCNC(=NCC(C)(C)c1ccc(OC)c(OC)c1)NC(C)CCS(C)(=O)=O. The lowest BCUT2D eigenvalue weighted by molar-refractivity contribution is 0.353. The van der Waals surface area contributed by atoms with E-state index in [2.05, 4.69) is 24.5 Å². The number of hydrogen-bond donors (Lipinski definition) is 2. The maximum absolute atomic E-state index is 11.4. The van der Waals surface area contributed by atoms with Gasteiger partial charge in [-0.1, -0.05) is 19.9 Å². The van der Waals surface area contributed by atoms with Crippen LogP contribution >= 0.6 is 0 Å². The number of benzene rings is 1. The molecule has 0 aliphatic carbocycles. The lowest BCUT2D eigenvalue weighted by Crippen LogP contribution is -2.43. The maximum atomic E-state index is 11.4. The molecule has 28 heavy (non-hydrogen) atoms. The summed E-state index contributed by atoms with van der Waals surface area (Å²) in [7, 11) is 0.267. The van der Waals surface area contributed by atoms with E-state index >= 15 is 0 Å². The maximum Gasteiger partial charge on any atom is 0.191 e. The predicted molar refractivity (Wildman–Crippen MR) is 115 cm³/mol. The van der Waals surface area contributed by atoms with Gasteiger partial charge in [0.1, 0.15) is 9.84 Å². The number of aliphatic imine (C=N–C) groups is 1. The van der Waals surface area contributed by atoms with Crippen LogP contribution in [-0.2, 0) is 15.3 Å². The zero-order valence-corrected chi connectivity index (χ0v) is 18.9. The van der Waals surface area contributed by atoms with Gasteiger partial charge in [-0.25, -0.2) is 8.42 Å². The Labute approximate surface area is 169 Å². The highest BCUT2D eigenvalue weighted by Gasteiger charge is 2.22. The molecule has 7 nitrogen and oxygen atoms in total. The summed E-state index contributed by atoms with van der Waals surface area (Å²) in [5, 5.41) is 6.51. The summed E-state index contributed by atoms with van der Waals surface area (Å²) in [5.41, 5.74) is 0.868. The van der Waals surface area contributed by atoms with Crippen molar-refractivity contribution >= 4 is 15.8 Å². The molecule has 1 aromatic rings. The molecule has 0 fully saturated rings. The molecular formula is C20H35N3O4S. The molecule has 0 spiro atoms. The number of sulfone groups is 1. The van der Waals surface area contributed by atoms with Crippen LogP contribution in [0.3, 0.4) is 0 Å². The van der Waals surface area contributed by atoms with Gasteiger partial charge < -0.3 is 20.1 Å². The van der Waals surface area contributed by atoms with Crippen molar-refractivity contribution in [1.82, 2.24) is 10.6 Å². The standard InChI is InChI=1S/C20H35N3O4S/c1-8-21-19(23-15(2)11-12-28(7,24)25)22-14-20(3,4)16-9-10-17(26-5)18(13-16)27-6/h9-10,13,15H,8,11-12,14H2,1-7H3,(H2,21,22,23). The van der Waals surface area contributed by atoms with Crippen LogP contribution in [0.15, 0.2) is 23.2 Å². The topological polar surface area (TPSA) is 89.0 Å². The summed E-state index contributed by atoms with van der Waals surface area (Å²) in [4.78, 5) is 4.72. The van der Waals surface area contributed by atoms with E-state index in [1.165, 1.54) is 6.26 Å². The molecule has 0 saturated carbocycles. The van der Waals surface area contributed by atoms with Gasteiger partial charge in [0.05, 0.1) is 26.5 Å². The monoisotopic (exact) mass is 413 g/mol. The van der Waals surface area contributed by atoms with Crippen molar-refractivity contribution in [1.29, 1.82) is 0 Å². The fourth-order valence-electron chi connectivity index (χ4n) is 2.64. The molecule has 0 radical (unpaired) electrons. The Hall–Kier alpha value is -1.96. The summed E-state index contributed by atoms with van der Waals surface area (Å²) in [6, 6.07) is 5.89. The first kappa shape index (κ1) is 24.1. The van der Waals surface area contributed by atoms with Crippen LogP contribution in [-0.4, -0.2) is 59.7 Å². The molecule has 2 N–H and O–H groups in total. The lowest BCUT2D eigenvalue weighted by atomic mass is 9.84. The van der Waals surface area contributed by atoms with Crippen LogP contribution in [0, 0.1) is 0 Å². The van der Waals surface area contributed by atoms with Gasteiger partial charge in [0.15, 0.2) is 17.5 Å². The zero-order chi connectivity index (χ0) is 21.4. The summed E-state index contributed by atoms with van der Waals surface area (Å²) in [6.45, 7) is 9.47. The van der Waals surface area contributed by atoms with E-state index in [9.17, 15) is 8.42 Å². The molecule has 0 aromatic heterocycles. The molecule has 1 unspecified atom stereocenters. The van der Waals surface area contributed by atoms with Gasteiger partial charge in [0.25, 0.3) is 0 Å². The number of guanidine groups is 1. The summed E-state index contributed by atoms with van der Waals surface area (Å²) < 4.78 is 33.5. The summed E-state index contributed by atoms with van der Waals surface area (Å²) in [5.74, 6) is 2.21. The number of ether oxygens (including phenoxy) is 2. The van der Waals surface area contributed by atoms with Gasteiger partial charge in [0.2, 0.25) is 0 Å². The van der Waals surface area contributed by atoms with Crippen LogP contribution in [0.5, 0.6) is 11.5 Å². The first-order valence-electron chi connectivity index (χ1n) is 9.47. The normalized spacial score (nSPS) is 13.8. The molecule has 0 bridgehead atoms. The fraction of sp³-hybridized carbons (Fsp3) is 0.650. The number of methoxy groups -OCH3 is 2. The molecule has 0 saturated heterocycles. The van der Waals surface area contributed by atoms with Crippen LogP contribution in [0.2, 0.25) is 0 Å². The molecule has 160 valence electrons. The highest BCUT2D eigenvalue weighted by Crippen LogP contribution is 2.33. The van der Waals surface area contributed by atoms with Crippen molar-refractivity contribution in [3.8, 4) is 11.5 Å². The van der Waals surface area contributed by atoms with Crippen molar-refractivity contribution in [2.75, 3.05) is 39.3 Å². The van der Waals surface area contributed by atoms with E-state index in [1.54, 1.807) is 14.2 Å². The first-order chi connectivity index (χ1) is 13.0. The van der Waals surface area contributed by atoms with Crippen LogP contribution in [0.1, 0.15) is 39.7 Å². The van der Waals surface area contributed by atoms with Gasteiger partial charge >= 0.3 is 0 Å². The molecule has 0 aliphatic heterocycles. The highest BCUT2D eigenvalue weighted by molar-refractivity contribution is 7.90. The molecule has 0 amide bonds. The van der Waals surface area contributed by atoms with Gasteiger partial charge in [0, 0.05) is 24.3 Å². The lowest BCUT2D eigenvalue weighted by Gasteiger charge is -2.25. The van der Waals surface area contributed by atoms with E-state index in [-0.39, 0.29) is 17.2 Å². The Morgan fingerprint density at radius 1 is 1.21 bits per heavy atom. The minimum atomic E-state index is -2.97. The average Bonchev–Trinajstić information content (AvgIpc) is 2.63. The minimum absolute atomic E-state index is 0.00304. The second kappa shape index (κ2) is 10.5. The van der Waals surface area contributed by atoms with E-state index in [4.69, 9.17) is 14.5 Å². The fourth-order valence-corrected chi connectivity index (χ4v) is 3.42. The van der Waals surface area contributed by atoms with Crippen molar-refractivity contribution in [3.63, 3.8) is 0 Å². The zero-order valence-electron chi connectivity index (χ0n) is 18.1. The third-order valence-corrected chi connectivity index (χ3v) is 5.42. The van der Waals surface area contributed by atoms with Gasteiger partial charge in [-0.3, -0.25) is 4.99 Å². The molecule has 1 rings (SSSR count). The minimum Gasteiger partial charge on any atom is -0.493 e. The second-order valence-electron chi connectivity index (χ2n) is 7.61. The number of hydrogen-bond acceptors (Lipinski definition) is 5. The predicted octanol–water partition coefficient (Wildman–Crippen LogP) is 2.36. The number of rotatable bonds is 10. The second-order valence-corrected chi connectivity index (χ2v) is 9.87. The Morgan fingerprint density at radius 2 is 1.86 bits per heavy atom. The molecule has 0 heterocycles. The average molecular weight is 414 g/mol. The van der Waals surface area contributed by atoms with Gasteiger partial charge in [-0.15, -0.1) is 0 Å². The van der Waals surface area contributed by atoms with Crippen molar-refractivity contribution in [3.05, 3.63) is 23.8 Å². The van der Waals surface area contributed by atoms with E-state index in [1.807, 2.05) is 32.0 Å². The van der Waals surface area contributed by atoms with E-state index < -0.39 is 9.84 Å². The molecular weight excluding hydrogens is 378 g/mol. The molecule has 1 atom stereocenters. The molecule has 0 aliphatic rings. The Kier molecular flexibility index (Phi) is 9.07. The summed E-state index contributed by atoms with van der Waals surface area (Å²) in [6.07, 6.45) is 1.78. The Balaban J connectivity index is 2.89. The van der Waals surface area contributed by atoms with E-state index in [0.717, 1.165) is 12.1 Å². The quantitative estimate of drug-likeness (QED) is 0.452. The van der Waals surface area contributed by atoms with Crippen molar-refractivity contribution < 1.29 is 17.9 Å². The third-order valence-electron chi connectivity index (χ3n) is 4.45. The van der Waals surface area contributed by atoms with Gasteiger partial charge in [-0.2, -0.15) is 0 Å². The number of nitrogens with one attached hydrogen (secondary N) is 2. The third kappa shape index (κ3) is 7.96. The van der Waals surface area contributed by atoms with Crippen molar-refractivity contribution in [2.24, 2.45) is 4.99 Å². The number of nitrogens with zero attached hydrogens (tertiary/aromatic N) is 1. The Morgan fingerprint density at radius 3 is 2.39 bits per heavy atom. The largest absolute Gasteiger partial charge is 0.493 e. The van der Waals surface area contributed by atoms with Crippen molar-refractivity contribution in [2.45, 2.75) is 45.6 Å². The van der Waals surface area contributed by atoms with E-state index in [0.29, 0.717) is 30.4 Å². The molecule has 8 heteroatoms. The highest BCUT2D eigenvalue weighted by atomic mass is 32.2. The first-order valence-corrected chi connectivity index (χ1v) is 11.5. The van der Waals surface area contributed by atoms with Gasteiger partial charge in [-0.05, 0) is 38.0 Å². The molecule has 1 aromatic carbocycles. The van der Waals surface area contributed by atoms with Crippen LogP contribution in [0.25, 0.3) is 0 Å². The van der Waals surface area contributed by atoms with Crippen LogP contribution < -0.4 is 20.1 Å².